The lowest BCUT2D eigenvalue weighted by molar-refractivity contribution is -0.121. The number of hydrogen-bond donors (Lipinski definition) is 1. The molecule has 1 heterocycles. The lowest BCUT2D eigenvalue weighted by Gasteiger charge is -2.32. The first-order valence-corrected chi connectivity index (χ1v) is 10.9. The molecule has 168 valence electrons. The summed E-state index contributed by atoms with van der Waals surface area (Å²) in [4.78, 5) is 14.9. The zero-order valence-corrected chi connectivity index (χ0v) is 18.9. The maximum Gasteiger partial charge on any atom is 0.220 e. The number of ether oxygens (including phenoxy) is 3. The van der Waals surface area contributed by atoms with Gasteiger partial charge >= 0.3 is 0 Å². The number of amides is 1. The molecule has 0 aliphatic carbocycles. The van der Waals surface area contributed by atoms with Crippen LogP contribution >= 0.6 is 0 Å². The Morgan fingerprint density at radius 3 is 2.39 bits per heavy atom. The maximum atomic E-state index is 12.5. The summed E-state index contributed by atoms with van der Waals surface area (Å²) in [6.07, 6.45) is 3.39. The molecule has 0 unspecified atom stereocenters. The van der Waals surface area contributed by atoms with E-state index < -0.39 is 0 Å². The van der Waals surface area contributed by atoms with Crippen LogP contribution in [0.25, 0.3) is 0 Å². The van der Waals surface area contributed by atoms with Crippen molar-refractivity contribution in [2.45, 2.75) is 32.2 Å². The highest BCUT2D eigenvalue weighted by Gasteiger charge is 2.20. The van der Waals surface area contributed by atoms with Gasteiger partial charge in [-0.2, -0.15) is 0 Å². The number of aryl methyl sites for hydroxylation is 1. The molecule has 31 heavy (non-hydrogen) atoms. The Hall–Kier alpha value is -2.73. The van der Waals surface area contributed by atoms with Crippen LogP contribution in [0.1, 0.15) is 30.4 Å². The van der Waals surface area contributed by atoms with E-state index in [-0.39, 0.29) is 5.91 Å². The molecule has 1 aliphatic heterocycles. The first kappa shape index (κ1) is 22.9. The summed E-state index contributed by atoms with van der Waals surface area (Å²) in [6, 6.07) is 14.4. The van der Waals surface area contributed by atoms with Crippen LogP contribution < -0.4 is 19.5 Å². The third-order valence-corrected chi connectivity index (χ3v) is 5.81. The van der Waals surface area contributed by atoms with Crippen molar-refractivity contribution in [3.05, 3.63) is 53.6 Å². The fourth-order valence-electron chi connectivity index (χ4n) is 4.19. The lowest BCUT2D eigenvalue weighted by atomic mass is 9.97. The summed E-state index contributed by atoms with van der Waals surface area (Å²) in [6.45, 7) is 3.87. The first-order valence-electron chi connectivity index (χ1n) is 10.9. The van der Waals surface area contributed by atoms with Gasteiger partial charge < -0.3 is 19.5 Å². The normalized spacial score (nSPS) is 16.5. The molecule has 1 fully saturated rings. The Morgan fingerprint density at radius 2 is 1.74 bits per heavy atom. The minimum absolute atomic E-state index is 0.0777. The first-order chi connectivity index (χ1) is 15.1. The quantitative estimate of drug-likeness (QED) is 0.628. The topological polar surface area (TPSA) is 60.0 Å². The molecular weight excluding hydrogens is 392 g/mol. The second kappa shape index (κ2) is 11.6. The molecular formula is C25H34N2O4. The SMILES string of the molecule is COc1cc(CCC(=O)NC[C@@H]2CCCN(Cc3ccccc3)C2)cc(OC)c1OC. The summed E-state index contributed by atoms with van der Waals surface area (Å²) in [5, 5.41) is 3.13. The number of piperidine rings is 1. The molecule has 3 rings (SSSR count). The fraction of sp³-hybridized carbons (Fsp3) is 0.480. The number of hydrogen-bond acceptors (Lipinski definition) is 5. The molecule has 6 nitrogen and oxygen atoms in total. The van der Waals surface area contributed by atoms with E-state index in [2.05, 4.69) is 40.5 Å². The van der Waals surface area contributed by atoms with Crippen LogP contribution in [0.5, 0.6) is 17.2 Å². The molecule has 2 aromatic carbocycles. The van der Waals surface area contributed by atoms with Crippen LogP contribution in [0.15, 0.2) is 42.5 Å². The molecule has 1 N–H and O–H groups in total. The van der Waals surface area contributed by atoms with Gasteiger partial charge in [-0.15, -0.1) is 0 Å². The Labute approximate surface area is 185 Å². The Balaban J connectivity index is 1.46. The van der Waals surface area contributed by atoms with Crippen molar-refractivity contribution in [1.29, 1.82) is 0 Å². The molecule has 1 amide bonds. The number of methoxy groups -OCH3 is 3. The summed E-state index contributed by atoms with van der Waals surface area (Å²) in [5.74, 6) is 2.36. The minimum Gasteiger partial charge on any atom is -0.493 e. The van der Waals surface area contributed by atoms with E-state index >= 15 is 0 Å². The second-order valence-electron chi connectivity index (χ2n) is 8.07. The van der Waals surface area contributed by atoms with E-state index in [0.717, 1.165) is 31.7 Å². The van der Waals surface area contributed by atoms with Gasteiger partial charge in [-0.25, -0.2) is 0 Å². The average Bonchev–Trinajstić information content (AvgIpc) is 2.81. The summed E-state index contributed by atoms with van der Waals surface area (Å²) >= 11 is 0. The molecule has 1 saturated heterocycles. The van der Waals surface area contributed by atoms with Gasteiger partial charge in [0.15, 0.2) is 11.5 Å². The summed E-state index contributed by atoms with van der Waals surface area (Å²) in [5.41, 5.74) is 2.33. The number of nitrogens with one attached hydrogen (secondary N) is 1. The molecule has 0 aromatic heterocycles. The number of likely N-dealkylation sites (tertiary alicyclic amines) is 1. The Morgan fingerprint density at radius 1 is 1.03 bits per heavy atom. The number of benzene rings is 2. The molecule has 0 spiro atoms. The van der Waals surface area contributed by atoms with Crippen molar-refractivity contribution >= 4 is 5.91 Å². The van der Waals surface area contributed by atoms with Crippen molar-refractivity contribution < 1.29 is 19.0 Å². The highest BCUT2D eigenvalue weighted by molar-refractivity contribution is 5.76. The molecule has 1 aliphatic rings. The third-order valence-electron chi connectivity index (χ3n) is 5.81. The van der Waals surface area contributed by atoms with E-state index in [1.165, 1.54) is 18.4 Å². The molecule has 2 aromatic rings. The highest BCUT2D eigenvalue weighted by Crippen LogP contribution is 2.38. The lowest BCUT2D eigenvalue weighted by Crippen LogP contribution is -2.40. The molecule has 0 saturated carbocycles. The van der Waals surface area contributed by atoms with Gasteiger partial charge in [0, 0.05) is 26.1 Å². The van der Waals surface area contributed by atoms with Crippen molar-refractivity contribution in [3.8, 4) is 17.2 Å². The molecule has 1 atom stereocenters. The van der Waals surface area contributed by atoms with E-state index in [1.807, 2.05) is 12.1 Å². The van der Waals surface area contributed by atoms with Gasteiger partial charge in [-0.1, -0.05) is 30.3 Å². The zero-order valence-electron chi connectivity index (χ0n) is 18.9. The van der Waals surface area contributed by atoms with Gasteiger partial charge in [0.1, 0.15) is 0 Å². The Bertz CT molecular complexity index is 816. The van der Waals surface area contributed by atoms with Gasteiger partial charge in [-0.05, 0) is 55.0 Å². The van der Waals surface area contributed by atoms with E-state index in [9.17, 15) is 4.79 Å². The maximum absolute atomic E-state index is 12.5. The third kappa shape index (κ3) is 6.62. The van der Waals surface area contributed by atoms with Crippen molar-refractivity contribution in [1.82, 2.24) is 10.2 Å². The van der Waals surface area contributed by atoms with Crippen molar-refractivity contribution in [3.63, 3.8) is 0 Å². The highest BCUT2D eigenvalue weighted by atomic mass is 16.5. The predicted octanol–water partition coefficient (Wildman–Crippen LogP) is 3.67. The molecule has 0 radical (unpaired) electrons. The monoisotopic (exact) mass is 426 g/mol. The second-order valence-corrected chi connectivity index (χ2v) is 8.07. The van der Waals surface area contributed by atoms with Crippen LogP contribution in [0.4, 0.5) is 0 Å². The average molecular weight is 427 g/mol. The van der Waals surface area contributed by atoms with Crippen LogP contribution in [-0.2, 0) is 17.8 Å². The smallest absolute Gasteiger partial charge is 0.220 e. The fourth-order valence-corrected chi connectivity index (χ4v) is 4.19. The van der Waals surface area contributed by atoms with Gasteiger partial charge in [-0.3, -0.25) is 9.69 Å². The van der Waals surface area contributed by atoms with Gasteiger partial charge in [0.25, 0.3) is 0 Å². The summed E-state index contributed by atoms with van der Waals surface area (Å²) < 4.78 is 16.1. The predicted molar refractivity (Wildman–Crippen MR) is 122 cm³/mol. The van der Waals surface area contributed by atoms with Crippen LogP contribution in [-0.4, -0.2) is 51.8 Å². The standard InChI is InChI=1S/C25H34N2O4/c1-29-22-14-20(15-23(30-2)25(22)31-3)11-12-24(28)26-16-21-10-7-13-27(18-21)17-19-8-5-4-6-9-19/h4-6,8-9,14-15,21H,7,10-13,16-18H2,1-3H3,(H,26,28)/t21-/m0/s1. The number of carbonyl (C=O) groups is 1. The zero-order chi connectivity index (χ0) is 22.1. The van der Waals surface area contributed by atoms with E-state index in [1.54, 1.807) is 21.3 Å². The van der Waals surface area contributed by atoms with Crippen molar-refractivity contribution in [2.24, 2.45) is 5.92 Å². The van der Waals surface area contributed by atoms with Crippen molar-refractivity contribution in [2.75, 3.05) is 41.0 Å². The molecule has 0 bridgehead atoms. The van der Waals surface area contributed by atoms with Crippen LogP contribution in [0.3, 0.4) is 0 Å². The molecule has 6 heteroatoms. The largest absolute Gasteiger partial charge is 0.493 e. The van der Waals surface area contributed by atoms with Gasteiger partial charge in [0.05, 0.1) is 21.3 Å². The number of nitrogens with zero attached hydrogens (tertiary/aromatic N) is 1. The Kier molecular flexibility index (Phi) is 8.59. The van der Waals surface area contributed by atoms with Gasteiger partial charge in [0.2, 0.25) is 11.7 Å². The van der Waals surface area contributed by atoms with E-state index in [0.29, 0.717) is 36.0 Å². The summed E-state index contributed by atoms with van der Waals surface area (Å²) in [7, 11) is 4.78. The van der Waals surface area contributed by atoms with E-state index in [4.69, 9.17) is 14.2 Å². The number of carbonyl (C=O) groups excluding carboxylic acids is 1. The van der Waals surface area contributed by atoms with Crippen LogP contribution in [0.2, 0.25) is 0 Å². The minimum atomic E-state index is 0.0777. The van der Waals surface area contributed by atoms with Crippen LogP contribution in [0, 0.1) is 5.92 Å². The number of rotatable bonds is 10.